The Bertz CT molecular complexity index is 963. The minimum absolute atomic E-state index is 0.180. The molecule has 0 unspecified atom stereocenters. The molecule has 0 aliphatic heterocycles. The summed E-state index contributed by atoms with van der Waals surface area (Å²) in [6, 6.07) is 12.1. The van der Waals surface area contributed by atoms with E-state index in [-0.39, 0.29) is 13.4 Å². The van der Waals surface area contributed by atoms with Gasteiger partial charge in [0.2, 0.25) is 0 Å². The second-order valence-electron chi connectivity index (χ2n) is 9.39. The first kappa shape index (κ1) is 28.3. The van der Waals surface area contributed by atoms with Gasteiger partial charge in [-0.3, -0.25) is 0 Å². The number of carbonyl (C=O) groups excluding carboxylic acids is 1. The maximum absolute atomic E-state index is 12.2. The van der Waals surface area contributed by atoms with Gasteiger partial charge in [-0.25, -0.2) is 4.79 Å². The number of carbonyl (C=O) groups is 1. The fraction of sp³-hybridized carbons (Fsp3) is 0.500. The van der Waals surface area contributed by atoms with Crippen LogP contribution in [0.1, 0.15) is 52.2 Å². The Balaban J connectivity index is 2.10. The van der Waals surface area contributed by atoms with Crippen LogP contribution in [0.15, 0.2) is 46.2 Å². The lowest BCUT2D eigenvalue weighted by atomic mass is 9.94. The van der Waals surface area contributed by atoms with Gasteiger partial charge in [-0.2, -0.15) is 0 Å². The van der Waals surface area contributed by atoms with Crippen LogP contribution < -0.4 is 10.1 Å². The lowest BCUT2D eigenvalue weighted by Crippen LogP contribution is -2.50. The third-order valence-electron chi connectivity index (χ3n) is 5.10. The number of aliphatic hydroxyl groups is 1. The van der Waals surface area contributed by atoms with E-state index in [1.165, 1.54) is 5.56 Å². The minimum Gasteiger partial charge on any atom is -0.466 e. The summed E-state index contributed by atoms with van der Waals surface area (Å²) in [6.45, 7) is 9.27. The summed E-state index contributed by atoms with van der Waals surface area (Å²) in [5.41, 5.74) is 0.723. The summed E-state index contributed by atoms with van der Waals surface area (Å²) in [7, 11) is 1.59. The molecule has 34 heavy (non-hydrogen) atoms. The molecule has 0 bridgehead atoms. The second kappa shape index (κ2) is 12.7. The van der Waals surface area contributed by atoms with Crippen molar-refractivity contribution in [3.8, 4) is 5.75 Å². The van der Waals surface area contributed by atoms with E-state index in [0.29, 0.717) is 17.9 Å². The summed E-state index contributed by atoms with van der Waals surface area (Å²) in [5.74, 6) is 0.760. The zero-order valence-corrected chi connectivity index (χ0v) is 22.4. The van der Waals surface area contributed by atoms with Crippen molar-refractivity contribution in [1.82, 2.24) is 5.32 Å². The van der Waals surface area contributed by atoms with Crippen LogP contribution in [-0.2, 0) is 22.3 Å². The van der Waals surface area contributed by atoms with Crippen LogP contribution in [0, 0.1) is 0 Å². The maximum Gasteiger partial charge on any atom is 0.408 e. The molecule has 0 saturated heterocycles. The van der Waals surface area contributed by atoms with E-state index in [1.807, 2.05) is 24.3 Å². The van der Waals surface area contributed by atoms with Gasteiger partial charge in [-0.05, 0) is 82.3 Å². The van der Waals surface area contributed by atoms with Crippen molar-refractivity contribution in [3.05, 3.63) is 52.5 Å². The molecule has 2 aromatic carbocycles. The lowest BCUT2D eigenvalue weighted by molar-refractivity contribution is 0.0406. The van der Waals surface area contributed by atoms with Gasteiger partial charge in [0.05, 0.1) is 17.0 Å². The number of nitrogens with one attached hydrogen (secondary N) is 1. The molecule has 2 rings (SSSR count). The third kappa shape index (κ3) is 9.02. The lowest BCUT2D eigenvalue weighted by Gasteiger charge is -2.30. The molecule has 0 aromatic heterocycles. The zero-order valence-electron chi connectivity index (χ0n) is 20.9. The van der Waals surface area contributed by atoms with Crippen LogP contribution in [0.5, 0.6) is 5.75 Å². The predicted molar refractivity (Wildman–Crippen MR) is 137 cm³/mol. The Morgan fingerprint density at radius 3 is 2.47 bits per heavy atom. The second-order valence-corrected chi connectivity index (χ2v) is 10.9. The first-order chi connectivity index (χ1) is 16.0. The minimum atomic E-state index is -0.826. The van der Waals surface area contributed by atoms with Gasteiger partial charge in [0.15, 0.2) is 6.79 Å². The van der Waals surface area contributed by atoms with Crippen LogP contribution in [0.3, 0.4) is 0 Å². The van der Waals surface area contributed by atoms with Crippen LogP contribution in [0.2, 0.25) is 5.02 Å². The summed E-state index contributed by atoms with van der Waals surface area (Å²) in [5, 5.41) is 13.3. The van der Waals surface area contributed by atoms with Crippen LogP contribution in [0.25, 0.3) is 0 Å². The van der Waals surface area contributed by atoms with E-state index >= 15 is 0 Å². The predicted octanol–water partition coefficient (Wildman–Crippen LogP) is 6.24. The Morgan fingerprint density at radius 1 is 1.15 bits per heavy atom. The number of benzene rings is 2. The van der Waals surface area contributed by atoms with Crippen LogP contribution in [-0.4, -0.2) is 42.8 Å². The molecule has 0 spiro atoms. The Labute approximate surface area is 212 Å². The average Bonchev–Trinajstić information content (AvgIpc) is 2.76. The first-order valence-electron chi connectivity index (χ1n) is 11.3. The first-order valence-corrected chi connectivity index (χ1v) is 12.5. The zero-order chi connectivity index (χ0) is 25.4. The topological polar surface area (TPSA) is 77.0 Å². The van der Waals surface area contributed by atoms with Crippen molar-refractivity contribution in [3.63, 3.8) is 0 Å². The number of alkyl carbamates (subject to hydrolysis) is 1. The number of ether oxygens (including phenoxy) is 3. The van der Waals surface area contributed by atoms with Crippen molar-refractivity contribution in [2.45, 2.75) is 74.8 Å². The van der Waals surface area contributed by atoms with Crippen molar-refractivity contribution in [1.29, 1.82) is 0 Å². The number of methoxy groups -OCH3 is 1. The highest BCUT2D eigenvalue weighted by Crippen LogP contribution is 2.37. The van der Waals surface area contributed by atoms with Crippen molar-refractivity contribution in [2.24, 2.45) is 0 Å². The van der Waals surface area contributed by atoms with Crippen LogP contribution >= 0.6 is 23.4 Å². The molecule has 0 heterocycles. The molecular formula is C26H36ClNO5S. The largest absolute Gasteiger partial charge is 0.466 e. The summed E-state index contributed by atoms with van der Waals surface area (Å²) >= 11 is 8.18. The van der Waals surface area contributed by atoms with Gasteiger partial charge in [0.25, 0.3) is 0 Å². The molecule has 2 N–H and O–H groups in total. The molecule has 6 nitrogen and oxygen atoms in total. The van der Waals surface area contributed by atoms with E-state index in [4.69, 9.17) is 25.8 Å². The number of halogens is 1. The molecule has 188 valence electrons. The highest BCUT2D eigenvalue weighted by molar-refractivity contribution is 7.99. The molecular weight excluding hydrogens is 474 g/mol. The molecule has 1 atom stereocenters. The fourth-order valence-electron chi connectivity index (χ4n) is 3.16. The van der Waals surface area contributed by atoms with Crippen LogP contribution in [0.4, 0.5) is 4.79 Å². The van der Waals surface area contributed by atoms with E-state index < -0.39 is 17.2 Å². The quantitative estimate of drug-likeness (QED) is 0.349. The van der Waals surface area contributed by atoms with Crippen molar-refractivity contribution in [2.75, 3.05) is 20.5 Å². The normalized spacial score (nSPS) is 13.3. The molecule has 8 heteroatoms. The Kier molecular flexibility index (Phi) is 10.6. The Morgan fingerprint density at radius 2 is 1.88 bits per heavy atom. The van der Waals surface area contributed by atoms with E-state index in [0.717, 1.165) is 27.5 Å². The molecule has 2 aromatic rings. The average molecular weight is 510 g/mol. The molecule has 0 saturated carbocycles. The maximum atomic E-state index is 12.2. The monoisotopic (exact) mass is 509 g/mol. The van der Waals surface area contributed by atoms with E-state index in [1.54, 1.807) is 46.6 Å². The summed E-state index contributed by atoms with van der Waals surface area (Å²) < 4.78 is 16.1. The SMILES string of the molecule is CCc1ccc(OCOC)c(Sc2ccc(CC[C@@](C)(CO)NC(=O)OC(C)(C)C)c(Cl)c2)c1. The van der Waals surface area contributed by atoms with Gasteiger partial charge in [0, 0.05) is 17.0 Å². The standard InChI is InChI=1S/C26H36ClNO5S/c1-7-18-8-11-22(32-17-31-6)23(14-18)34-20-10-9-19(21(27)15-20)12-13-26(5,16-29)28-24(30)33-25(2,3)4/h8-11,14-15,29H,7,12-13,16-17H2,1-6H3,(H,28,30)/t26-/m0/s1. The van der Waals surface area contributed by atoms with Gasteiger partial charge in [0.1, 0.15) is 11.4 Å². The van der Waals surface area contributed by atoms with Gasteiger partial charge in [-0.15, -0.1) is 0 Å². The molecule has 0 radical (unpaired) electrons. The molecule has 0 aliphatic rings. The van der Waals surface area contributed by atoms with E-state index in [2.05, 4.69) is 24.4 Å². The third-order valence-corrected chi connectivity index (χ3v) is 6.48. The number of hydrogen-bond donors (Lipinski definition) is 2. The number of hydrogen-bond acceptors (Lipinski definition) is 6. The number of amides is 1. The van der Waals surface area contributed by atoms with Gasteiger partial charge < -0.3 is 24.6 Å². The summed E-state index contributed by atoms with van der Waals surface area (Å²) in [4.78, 5) is 14.2. The van der Waals surface area contributed by atoms with Gasteiger partial charge >= 0.3 is 6.09 Å². The summed E-state index contributed by atoms with van der Waals surface area (Å²) in [6.07, 6.45) is 1.47. The highest BCUT2D eigenvalue weighted by Gasteiger charge is 2.28. The van der Waals surface area contributed by atoms with Crippen molar-refractivity contribution >= 4 is 29.5 Å². The highest BCUT2D eigenvalue weighted by atomic mass is 35.5. The smallest absolute Gasteiger partial charge is 0.408 e. The molecule has 0 aliphatic carbocycles. The Hall–Kier alpha value is -1.93. The number of rotatable bonds is 11. The fourth-order valence-corrected chi connectivity index (χ4v) is 4.50. The van der Waals surface area contributed by atoms with Crippen molar-refractivity contribution < 1.29 is 24.1 Å². The molecule has 0 fully saturated rings. The number of aliphatic hydroxyl groups excluding tert-OH is 1. The number of aryl methyl sites for hydroxylation is 2. The molecule has 1 amide bonds. The van der Waals surface area contributed by atoms with Gasteiger partial charge in [-0.1, -0.05) is 42.4 Å². The van der Waals surface area contributed by atoms with E-state index in [9.17, 15) is 9.90 Å².